The monoisotopic (exact) mass is 445 g/mol. The third kappa shape index (κ3) is 9.77. The van der Waals surface area contributed by atoms with Crippen LogP contribution in [-0.2, 0) is 19.6 Å². The fourth-order valence-corrected chi connectivity index (χ4v) is 3.60. The first-order valence-electron chi connectivity index (χ1n) is 10.7. The van der Waals surface area contributed by atoms with Crippen LogP contribution in [0.25, 0.3) is 0 Å². The van der Waals surface area contributed by atoms with Crippen molar-refractivity contribution in [3.05, 3.63) is 28.8 Å². The van der Waals surface area contributed by atoms with Gasteiger partial charge in [0.15, 0.2) is 0 Å². The van der Waals surface area contributed by atoms with Crippen LogP contribution in [-0.4, -0.2) is 129 Å². The topological polar surface area (TPSA) is 151 Å². The van der Waals surface area contributed by atoms with E-state index in [4.69, 9.17) is 0 Å². The second-order valence-corrected chi connectivity index (χ2v) is 7.37. The van der Waals surface area contributed by atoms with Gasteiger partial charge in [0.25, 0.3) is 0 Å². The Labute approximate surface area is 184 Å². The summed E-state index contributed by atoms with van der Waals surface area (Å²) in [6.45, 7) is 2.83. The fraction of sp³-hybridized carbons (Fsp3) is 0.714. The second-order valence-electron chi connectivity index (χ2n) is 7.37. The molecule has 0 radical (unpaired) electrons. The Morgan fingerprint density at radius 2 is 0.839 bits per heavy atom. The fourth-order valence-electron chi connectivity index (χ4n) is 3.60. The molecule has 1 aromatic rings. The number of rotatable bonds is 18. The summed E-state index contributed by atoms with van der Waals surface area (Å²) < 4.78 is 0. The maximum Gasteiger partial charge on any atom is 0.120 e. The minimum Gasteiger partial charge on any atom is -0.508 e. The SMILES string of the molecule is OCCN(CCO)Cc1ccc(O)c(CN(CCO)CCO)c1CN(CCO)CCO. The molecule has 31 heavy (non-hydrogen) atoms. The number of aromatic hydroxyl groups is 1. The Kier molecular flexibility index (Phi) is 14.6. The molecule has 10 heteroatoms. The molecule has 1 aromatic carbocycles. The molecular weight excluding hydrogens is 406 g/mol. The maximum absolute atomic E-state index is 10.7. The van der Waals surface area contributed by atoms with E-state index in [1.807, 2.05) is 14.7 Å². The van der Waals surface area contributed by atoms with Crippen molar-refractivity contribution < 1.29 is 35.7 Å². The molecule has 0 bridgehead atoms. The first kappa shape index (κ1) is 27.7. The van der Waals surface area contributed by atoms with E-state index >= 15 is 0 Å². The molecule has 0 unspecified atom stereocenters. The Hall–Kier alpha value is -1.34. The predicted octanol–water partition coefficient (Wildman–Crippen LogP) is -2.25. The lowest BCUT2D eigenvalue weighted by Crippen LogP contribution is -2.34. The van der Waals surface area contributed by atoms with E-state index in [0.717, 1.165) is 11.1 Å². The first-order valence-corrected chi connectivity index (χ1v) is 10.7. The van der Waals surface area contributed by atoms with E-state index in [1.165, 1.54) is 0 Å². The molecule has 0 saturated heterocycles. The molecule has 0 heterocycles. The maximum atomic E-state index is 10.7. The summed E-state index contributed by atoms with van der Waals surface area (Å²) in [5.41, 5.74) is 2.36. The first-order chi connectivity index (χ1) is 15.0. The van der Waals surface area contributed by atoms with Gasteiger partial charge in [-0.3, -0.25) is 14.7 Å². The van der Waals surface area contributed by atoms with Crippen LogP contribution in [0.5, 0.6) is 5.75 Å². The van der Waals surface area contributed by atoms with E-state index < -0.39 is 0 Å². The molecular formula is C21H39N3O7. The number of benzene rings is 1. The van der Waals surface area contributed by atoms with Crippen LogP contribution in [0.15, 0.2) is 12.1 Å². The van der Waals surface area contributed by atoms with Crippen molar-refractivity contribution in [2.24, 2.45) is 0 Å². The Balaban J connectivity index is 3.36. The minimum absolute atomic E-state index is 0.0534. The van der Waals surface area contributed by atoms with E-state index in [2.05, 4.69) is 0 Å². The van der Waals surface area contributed by atoms with Crippen molar-refractivity contribution in [3.63, 3.8) is 0 Å². The molecule has 10 nitrogen and oxygen atoms in total. The quantitative estimate of drug-likeness (QED) is 0.132. The molecule has 0 amide bonds. The summed E-state index contributed by atoms with van der Waals surface area (Å²) in [4.78, 5) is 5.62. The van der Waals surface area contributed by atoms with Crippen molar-refractivity contribution in [2.45, 2.75) is 19.6 Å². The van der Waals surface area contributed by atoms with Crippen LogP contribution in [0.3, 0.4) is 0 Å². The van der Waals surface area contributed by atoms with Crippen molar-refractivity contribution >= 4 is 0 Å². The lowest BCUT2D eigenvalue weighted by molar-refractivity contribution is 0.145. The summed E-state index contributed by atoms with van der Waals surface area (Å²) in [6, 6.07) is 3.40. The van der Waals surface area contributed by atoms with Gasteiger partial charge < -0.3 is 35.7 Å². The number of phenolic OH excluding ortho intramolecular Hbond substituents is 1. The highest BCUT2D eigenvalue weighted by molar-refractivity contribution is 5.44. The number of aliphatic hydroxyl groups is 6. The van der Waals surface area contributed by atoms with E-state index in [-0.39, 0.29) is 45.4 Å². The summed E-state index contributed by atoms with van der Waals surface area (Å²) in [5.74, 6) is 0.0865. The molecule has 0 aliphatic rings. The molecule has 0 aliphatic heterocycles. The van der Waals surface area contributed by atoms with Crippen LogP contribution >= 0.6 is 0 Å². The third-order valence-electron chi connectivity index (χ3n) is 5.16. The molecule has 0 fully saturated rings. The Morgan fingerprint density at radius 1 is 0.484 bits per heavy atom. The van der Waals surface area contributed by atoms with Gasteiger partial charge in [-0.15, -0.1) is 0 Å². The van der Waals surface area contributed by atoms with E-state index in [1.54, 1.807) is 12.1 Å². The van der Waals surface area contributed by atoms with Crippen LogP contribution in [0.2, 0.25) is 0 Å². The minimum atomic E-state index is -0.0856. The predicted molar refractivity (Wildman–Crippen MR) is 116 cm³/mol. The van der Waals surface area contributed by atoms with Crippen LogP contribution in [0.4, 0.5) is 0 Å². The van der Waals surface area contributed by atoms with Gasteiger partial charge in [0.2, 0.25) is 0 Å². The van der Waals surface area contributed by atoms with Crippen LogP contribution in [0.1, 0.15) is 16.7 Å². The standard InChI is InChI=1S/C21H39N3O7/c25-9-3-22(4-10-26)15-18-1-2-21(31)20(17-24(7-13-29)8-14-30)19(18)16-23(5-11-27)6-12-28/h1-2,25-31H,3-17H2. The van der Waals surface area contributed by atoms with E-state index in [9.17, 15) is 35.7 Å². The third-order valence-corrected chi connectivity index (χ3v) is 5.16. The molecule has 180 valence electrons. The van der Waals surface area contributed by atoms with Gasteiger partial charge >= 0.3 is 0 Å². The molecule has 0 saturated carbocycles. The average molecular weight is 446 g/mol. The van der Waals surface area contributed by atoms with Crippen LogP contribution in [0, 0.1) is 0 Å². The highest BCUT2D eigenvalue weighted by Gasteiger charge is 2.20. The number of aliphatic hydroxyl groups excluding tert-OH is 6. The van der Waals surface area contributed by atoms with Gasteiger partial charge in [-0.1, -0.05) is 6.07 Å². The lowest BCUT2D eigenvalue weighted by Gasteiger charge is -2.29. The zero-order valence-electron chi connectivity index (χ0n) is 18.2. The average Bonchev–Trinajstić information content (AvgIpc) is 2.73. The smallest absolute Gasteiger partial charge is 0.120 e. The molecule has 1 rings (SSSR count). The number of nitrogens with zero attached hydrogens (tertiary/aromatic N) is 3. The van der Waals surface area contributed by atoms with Gasteiger partial charge in [0.1, 0.15) is 5.75 Å². The summed E-state index contributed by atoms with van der Waals surface area (Å²) in [5, 5.41) is 66.9. The lowest BCUT2D eigenvalue weighted by atomic mass is 9.97. The van der Waals surface area contributed by atoms with Gasteiger partial charge in [0, 0.05) is 64.5 Å². The van der Waals surface area contributed by atoms with Crippen molar-refractivity contribution in [1.29, 1.82) is 0 Å². The second kappa shape index (κ2) is 16.3. The molecule has 0 aliphatic carbocycles. The van der Waals surface area contributed by atoms with Crippen molar-refractivity contribution in [3.8, 4) is 5.75 Å². The molecule has 0 aromatic heterocycles. The van der Waals surface area contributed by atoms with Gasteiger partial charge in [-0.25, -0.2) is 0 Å². The normalized spacial score (nSPS) is 11.9. The zero-order valence-corrected chi connectivity index (χ0v) is 18.2. The van der Waals surface area contributed by atoms with Crippen molar-refractivity contribution in [1.82, 2.24) is 14.7 Å². The Morgan fingerprint density at radius 3 is 1.23 bits per heavy atom. The van der Waals surface area contributed by atoms with Gasteiger partial charge in [-0.05, 0) is 17.2 Å². The number of phenols is 1. The Bertz CT molecular complexity index is 589. The van der Waals surface area contributed by atoms with E-state index in [0.29, 0.717) is 64.5 Å². The van der Waals surface area contributed by atoms with Gasteiger partial charge in [-0.2, -0.15) is 0 Å². The summed E-state index contributed by atoms with van der Waals surface area (Å²) in [6.07, 6.45) is 0. The molecule has 0 atom stereocenters. The van der Waals surface area contributed by atoms with Crippen LogP contribution < -0.4 is 0 Å². The van der Waals surface area contributed by atoms with Gasteiger partial charge in [0.05, 0.1) is 39.6 Å². The zero-order chi connectivity index (χ0) is 23.1. The molecule has 0 spiro atoms. The molecule has 7 N–H and O–H groups in total. The van der Waals surface area contributed by atoms with Crippen molar-refractivity contribution in [2.75, 3.05) is 78.9 Å². The highest BCUT2D eigenvalue weighted by Crippen LogP contribution is 2.28. The number of hydrogen-bond acceptors (Lipinski definition) is 10. The largest absolute Gasteiger partial charge is 0.508 e. The summed E-state index contributed by atoms with van der Waals surface area (Å²) in [7, 11) is 0. The number of hydrogen-bond donors (Lipinski definition) is 7. The summed E-state index contributed by atoms with van der Waals surface area (Å²) >= 11 is 0. The highest BCUT2D eigenvalue weighted by atomic mass is 16.3.